The van der Waals surface area contributed by atoms with Gasteiger partial charge in [0, 0.05) is 31.4 Å². The van der Waals surface area contributed by atoms with Crippen LogP contribution in [0.15, 0.2) is 18.3 Å². The molecule has 1 heterocycles. The molecule has 0 aliphatic heterocycles. The maximum atomic E-state index is 11.1. The second-order valence-electron chi connectivity index (χ2n) is 4.52. The van der Waals surface area contributed by atoms with Gasteiger partial charge in [-0.1, -0.05) is 30.1 Å². The first kappa shape index (κ1) is 15.6. The summed E-state index contributed by atoms with van der Waals surface area (Å²) in [4.78, 5) is 10.6. The van der Waals surface area contributed by atoms with E-state index in [1.165, 1.54) is 12.1 Å². The van der Waals surface area contributed by atoms with E-state index in [1.54, 1.807) is 4.68 Å². The summed E-state index contributed by atoms with van der Waals surface area (Å²) in [5.74, 6) is 0. The van der Waals surface area contributed by atoms with Crippen molar-refractivity contribution >= 4 is 34.6 Å². The van der Waals surface area contributed by atoms with Gasteiger partial charge < -0.3 is 5.32 Å². The quantitative estimate of drug-likeness (QED) is 0.669. The second-order valence-corrected chi connectivity index (χ2v) is 5.34. The third-order valence-corrected chi connectivity index (χ3v) is 3.75. The zero-order chi connectivity index (χ0) is 15.6. The Labute approximate surface area is 131 Å². The van der Waals surface area contributed by atoms with Crippen molar-refractivity contribution in [1.29, 1.82) is 0 Å². The molecule has 0 fully saturated rings. The van der Waals surface area contributed by atoms with Gasteiger partial charge in [-0.25, -0.2) is 0 Å². The number of hydrogen-bond donors (Lipinski definition) is 1. The summed E-state index contributed by atoms with van der Waals surface area (Å²) >= 11 is 11.7. The Kier molecular flexibility index (Phi) is 4.69. The van der Waals surface area contributed by atoms with Gasteiger partial charge in [0.15, 0.2) is 0 Å². The van der Waals surface area contributed by atoms with Gasteiger partial charge in [0.25, 0.3) is 5.69 Å². The van der Waals surface area contributed by atoms with Crippen LogP contribution >= 0.6 is 23.2 Å². The second kappa shape index (κ2) is 6.32. The highest BCUT2D eigenvalue weighted by Crippen LogP contribution is 2.34. The summed E-state index contributed by atoms with van der Waals surface area (Å²) in [5.41, 5.74) is 2.17. The standard InChI is InChI=1S/C13H14Cl2N4O2/c1-3-11-8(7-18(2)17-11)6-16-12-4-9(14)10(15)5-13(12)19(20)21/h4-5,7,16H,3,6H2,1-2H3. The van der Waals surface area contributed by atoms with Crippen molar-refractivity contribution in [2.24, 2.45) is 7.05 Å². The molecule has 21 heavy (non-hydrogen) atoms. The SMILES string of the molecule is CCc1nn(C)cc1CNc1cc(Cl)c(Cl)cc1[N+](=O)[O-]. The van der Waals surface area contributed by atoms with Crippen LogP contribution in [0.4, 0.5) is 11.4 Å². The summed E-state index contributed by atoms with van der Waals surface area (Å²) in [6, 6.07) is 2.71. The summed E-state index contributed by atoms with van der Waals surface area (Å²) in [6.07, 6.45) is 2.68. The van der Waals surface area contributed by atoms with Crippen LogP contribution in [0.5, 0.6) is 0 Å². The van der Waals surface area contributed by atoms with Crippen LogP contribution < -0.4 is 5.32 Å². The summed E-state index contributed by atoms with van der Waals surface area (Å²) in [7, 11) is 1.84. The average Bonchev–Trinajstić information content (AvgIpc) is 2.79. The minimum atomic E-state index is -0.492. The molecule has 0 amide bonds. The fourth-order valence-corrected chi connectivity index (χ4v) is 2.37. The molecule has 8 heteroatoms. The lowest BCUT2D eigenvalue weighted by Crippen LogP contribution is -2.04. The topological polar surface area (TPSA) is 73.0 Å². The maximum absolute atomic E-state index is 11.1. The lowest BCUT2D eigenvalue weighted by atomic mass is 10.2. The normalized spacial score (nSPS) is 10.7. The van der Waals surface area contributed by atoms with Crippen LogP contribution in [0.2, 0.25) is 10.0 Å². The monoisotopic (exact) mass is 328 g/mol. The molecule has 0 radical (unpaired) electrons. The average molecular weight is 329 g/mol. The molecule has 2 rings (SSSR count). The number of nitrogens with zero attached hydrogens (tertiary/aromatic N) is 3. The predicted molar refractivity (Wildman–Crippen MR) is 83.0 cm³/mol. The molecule has 2 aromatic rings. The number of rotatable bonds is 5. The van der Waals surface area contributed by atoms with Gasteiger partial charge in [-0.3, -0.25) is 14.8 Å². The van der Waals surface area contributed by atoms with Crippen LogP contribution in [0.1, 0.15) is 18.2 Å². The molecule has 0 aliphatic rings. The van der Waals surface area contributed by atoms with Gasteiger partial charge >= 0.3 is 0 Å². The number of nitro groups is 1. The van der Waals surface area contributed by atoms with Crippen LogP contribution in [-0.2, 0) is 20.0 Å². The Morgan fingerprint density at radius 1 is 1.38 bits per heavy atom. The number of aromatic nitrogens is 2. The minimum Gasteiger partial charge on any atom is -0.375 e. The number of halogens is 2. The molecule has 1 aromatic heterocycles. The third kappa shape index (κ3) is 3.46. The van der Waals surface area contributed by atoms with E-state index in [0.29, 0.717) is 12.2 Å². The van der Waals surface area contributed by atoms with Crippen molar-refractivity contribution in [1.82, 2.24) is 9.78 Å². The molecule has 6 nitrogen and oxygen atoms in total. The van der Waals surface area contributed by atoms with Crippen LogP contribution in [0.3, 0.4) is 0 Å². The first-order valence-electron chi connectivity index (χ1n) is 6.31. The zero-order valence-corrected chi connectivity index (χ0v) is 13.1. The van der Waals surface area contributed by atoms with Gasteiger partial charge in [-0.05, 0) is 12.5 Å². The molecule has 1 aromatic carbocycles. The largest absolute Gasteiger partial charge is 0.375 e. The molecule has 1 N–H and O–H groups in total. The lowest BCUT2D eigenvalue weighted by molar-refractivity contribution is -0.383. The summed E-state index contributed by atoms with van der Waals surface area (Å²) in [6.45, 7) is 2.43. The Morgan fingerprint density at radius 2 is 2.05 bits per heavy atom. The number of benzene rings is 1. The number of anilines is 1. The molecular weight excluding hydrogens is 315 g/mol. The Bertz CT molecular complexity index is 685. The van der Waals surface area contributed by atoms with Crippen LogP contribution in [-0.4, -0.2) is 14.7 Å². The summed E-state index contributed by atoms with van der Waals surface area (Å²) < 4.78 is 1.72. The van der Waals surface area contributed by atoms with Crippen LogP contribution in [0, 0.1) is 10.1 Å². The number of nitrogens with one attached hydrogen (secondary N) is 1. The minimum absolute atomic E-state index is 0.105. The van der Waals surface area contributed by atoms with Crippen molar-refractivity contribution in [3.8, 4) is 0 Å². The highest BCUT2D eigenvalue weighted by Gasteiger charge is 2.17. The molecule has 0 unspecified atom stereocenters. The number of hydrogen-bond acceptors (Lipinski definition) is 4. The Hall–Kier alpha value is -1.79. The first-order valence-corrected chi connectivity index (χ1v) is 7.06. The Morgan fingerprint density at radius 3 is 2.67 bits per heavy atom. The molecule has 112 valence electrons. The fourth-order valence-electron chi connectivity index (χ4n) is 2.05. The molecule has 0 saturated heterocycles. The predicted octanol–water partition coefficient (Wildman–Crippen LogP) is 3.81. The van der Waals surface area contributed by atoms with E-state index in [-0.39, 0.29) is 15.7 Å². The van der Waals surface area contributed by atoms with Gasteiger partial charge in [0.2, 0.25) is 0 Å². The first-order chi connectivity index (χ1) is 9.92. The molecular formula is C13H14Cl2N4O2. The molecule has 0 atom stereocenters. The van der Waals surface area contributed by atoms with Crippen molar-refractivity contribution in [2.45, 2.75) is 19.9 Å². The highest BCUT2D eigenvalue weighted by molar-refractivity contribution is 6.42. The van der Waals surface area contributed by atoms with Crippen molar-refractivity contribution in [3.63, 3.8) is 0 Å². The van der Waals surface area contributed by atoms with Crippen molar-refractivity contribution in [3.05, 3.63) is 49.7 Å². The Balaban J connectivity index is 2.27. The van der Waals surface area contributed by atoms with Gasteiger partial charge in [-0.15, -0.1) is 0 Å². The zero-order valence-electron chi connectivity index (χ0n) is 11.6. The third-order valence-electron chi connectivity index (χ3n) is 3.03. The maximum Gasteiger partial charge on any atom is 0.293 e. The fraction of sp³-hybridized carbons (Fsp3) is 0.308. The number of aryl methyl sites for hydroxylation is 2. The highest BCUT2D eigenvalue weighted by atomic mass is 35.5. The van der Waals surface area contributed by atoms with E-state index in [9.17, 15) is 10.1 Å². The van der Waals surface area contributed by atoms with E-state index in [0.717, 1.165) is 17.7 Å². The number of nitro benzene ring substituents is 1. The smallest absolute Gasteiger partial charge is 0.293 e. The van der Waals surface area contributed by atoms with Gasteiger partial charge in [-0.2, -0.15) is 5.10 Å². The van der Waals surface area contributed by atoms with Crippen molar-refractivity contribution in [2.75, 3.05) is 5.32 Å². The molecule has 0 aliphatic carbocycles. The van der Waals surface area contributed by atoms with E-state index in [2.05, 4.69) is 10.4 Å². The van der Waals surface area contributed by atoms with E-state index < -0.39 is 4.92 Å². The molecule has 0 spiro atoms. The van der Waals surface area contributed by atoms with Crippen LogP contribution in [0.25, 0.3) is 0 Å². The van der Waals surface area contributed by atoms with Gasteiger partial charge in [0.05, 0.1) is 20.7 Å². The van der Waals surface area contributed by atoms with E-state index in [1.807, 2.05) is 20.2 Å². The lowest BCUT2D eigenvalue weighted by Gasteiger charge is -2.08. The molecule has 0 saturated carbocycles. The van der Waals surface area contributed by atoms with Crippen molar-refractivity contribution < 1.29 is 4.92 Å². The molecule has 0 bridgehead atoms. The summed E-state index contributed by atoms with van der Waals surface area (Å²) in [5, 5.41) is 18.9. The van der Waals surface area contributed by atoms with E-state index >= 15 is 0 Å². The van der Waals surface area contributed by atoms with Gasteiger partial charge in [0.1, 0.15) is 5.69 Å². The van der Waals surface area contributed by atoms with E-state index in [4.69, 9.17) is 23.2 Å².